The summed E-state index contributed by atoms with van der Waals surface area (Å²) in [5, 5.41) is 8.24. The number of sulfonamides is 1. The summed E-state index contributed by atoms with van der Waals surface area (Å²) in [6.07, 6.45) is 3.22. The molecule has 2 heterocycles. The van der Waals surface area contributed by atoms with Gasteiger partial charge in [-0.2, -0.15) is 10.2 Å². The van der Waals surface area contributed by atoms with Gasteiger partial charge in [-0.3, -0.25) is 9.36 Å². The first-order valence-electron chi connectivity index (χ1n) is 6.36. The first-order chi connectivity index (χ1) is 9.35. The Bertz CT molecular complexity index is 714. The summed E-state index contributed by atoms with van der Waals surface area (Å²) in [6.45, 7) is 6.56. The molecule has 0 fully saturated rings. The van der Waals surface area contributed by atoms with E-state index >= 15 is 0 Å². The number of hydrogen-bond donors (Lipinski definition) is 1. The minimum absolute atomic E-state index is 0.209. The Balaban J connectivity index is 2.17. The van der Waals surface area contributed by atoms with E-state index in [1.807, 2.05) is 20.0 Å². The zero-order chi connectivity index (χ0) is 14.9. The number of nitrogens with zero attached hydrogens (tertiary/aromatic N) is 4. The highest BCUT2D eigenvalue weighted by molar-refractivity contribution is 7.89. The summed E-state index contributed by atoms with van der Waals surface area (Å²) in [5.74, 6) is 0. The van der Waals surface area contributed by atoms with Crippen LogP contribution in [0.15, 0.2) is 17.3 Å². The van der Waals surface area contributed by atoms with Crippen LogP contribution in [0.2, 0.25) is 0 Å². The molecule has 1 N–H and O–H groups in total. The van der Waals surface area contributed by atoms with Crippen molar-refractivity contribution < 1.29 is 8.42 Å². The van der Waals surface area contributed by atoms with Gasteiger partial charge < -0.3 is 0 Å². The minimum atomic E-state index is -3.55. The quantitative estimate of drug-likeness (QED) is 0.882. The van der Waals surface area contributed by atoms with E-state index in [-0.39, 0.29) is 11.4 Å². The summed E-state index contributed by atoms with van der Waals surface area (Å²) in [6, 6.07) is 0. The van der Waals surface area contributed by atoms with E-state index in [1.165, 1.54) is 10.9 Å². The van der Waals surface area contributed by atoms with Crippen molar-refractivity contribution in [2.45, 2.75) is 38.8 Å². The van der Waals surface area contributed by atoms with Gasteiger partial charge in [-0.25, -0.2) is 13.1 Å². The summed E-state index contributed by atoms with van der Waals surface area (Å²) in [5.41, 5.74) is 2.31. The topological polar surface area (TPSA) is 81.8 Å². The Kier molecular flexibility index (Phi) is 3.96. The van der Waals surface area contributed by atoms with Crippen LogP contribution in [0.1, 0.15) is 23.9 Å². The van der Waals surface area contributed by atoms with Crippen LogP contribution >= 0.6 is 0 Å². The van der Waals surface area contributed by atoms with Crippen molar-refractivity contribution in [2.75, 3.05) is 0 Å². The average molecular weight is 297 g/mol. The SMILES string of the molecule is CCn1cc(CNS(=O)(=O)c2cnn(C)c2C)c(C)n1. The average Bonchev–Trinajstić information content (AvgIpc) is 2.92. The van der Waals surface area contributed by atoms with Gasteiger partial charge in [-0.1, -0.05) is 0 Å². The van der Waals surface area contributed by atoms with E-state index in [0.29, 0.717) is 5.69 Å². The third kappa shape index (κ3) is 2.75. The lowest BCUT2D eigenvalue weighted by Gasteiger charge is -2.05. The van der Waals surface area contributed by atoms with Gasteiger partial charge in [-0.05, 0) is 20.8 Å². The first-order valence-corrected chi connectivity index (χ1v) is 7.84. The van der Waals surface area contributed by atoms with Crippen molar-refractivity contribution in [3.05, 3.63) is 29.3 Å². The zero-order valence-corrected chi connectivity index (χ0v) is 12.9. The van der Waals surface area contributed by atoms with Crippen molar-refractivity contribution in [1.29, 1.82) is 0 Å². The van der Waals surface area contributed by atoms with E-state index in [9.17, 15) is 8.42 Å². The maximum Gasteiger partial charge on any atom is 0.244 e. The fourth-order valence-electron chi connectivity index (χ4n) is 1.89. The maximum atomic E-state index is 12.2. The van der Waals surface area contributed by atoms with Crippen molar-refractivity contribution in [2.24, 2.45) is 7.05 Å². The Morgan fingerprint density at radius 3 is 2.55 bits per heavy atom. The highest BCUT2D eigenvalue weighted by Crippen LogP contribution is 2.14. The lowest BCUT2D eigenvalue weighted by molar-refractivity contribution is 0.580. The van der Waals surface area contributed by atoms with Crippen LogP contribution in [0.25, 0.3) is 0 Å². The Hall–Kier alpha value is -1.67. The number of nitrogens with one attached hydrogen (secondary N) is 1. The fourth-order valence-corrected chi connectivity index (χ4v) is 3.10. The van der Waals surface area contributed by atoms with Gasteiger partial charge in [0.15, 0.2) is 0 Å². The van der Waals surface area contributed by atoms with Crippen molar-refractivity contribution >= 4 is 10.0 Å². The lowest BCUT2D eigenvalue weighted by Crippen LogP contribution is -2.23. The van der Waals surface area contributed by atoms with E-state index < -0.39 is 10.0 Å². The molecule has 8 heteroatoms. The molecule has 0 atom stereocenters. The van der Waals surface area contributed by atoms with Crippen LogP contribution in [0.3, 0.4) is 0 Å². The second kappa shape index (κ2) is 5.37. The number of aryl methyl sites for hydroxylation is 3. The predicted octanol–water partition coefficient (Wildman–Crippen LogP) is 0.732. The Labute approximate surface area is 118 Å². The normalized spacial score (nSPS) is 12.0. The highest BCUT2D eigenvalue weighted by Gasteiger charge is 2.20. The Morgan fingerprint density at radius 1 is 1.35 bits per heavy atom. The van der Waals surface area contributed by atoms with E-state index in [2.05, 4.69) is 14.9 Å². The smallest absolute Gasteiger partial charge is 0.244 e. The molecule has 7 nitrogen and oxygen atoms in total. The van der Waals surface area contributed by atoms with Crippen LogP contribution in [-0.2, 0) is 30.2 Å². The molecule has 0 saturated heterocycles. The van der Waals surface area contributed by atoms with Crippen LogP contribution in [-0.4, -0.2) is 28.0 Å². The monoisotopic (exact) mass is 297 g/mol. The molecule has 0 amide bonds. The van der Waals surface area contributed by atoms with E-state index in [0.717, 1.165) is 17.8 Å². The zero-order valence-electron chi connectivity index (χ0n) is 12.1. The molecule has 0 radical (unpaired) electrons. The molecule has 0 unspecified atom stereocenters. The standard InChI is InChI=1S/C12H19N5O2S/c1-5-17-8-11(9(2)15-17)6-14-20(18,19)12-7-13-16(4)10(12)3/h7-8,14H,5-6H2,1-4H3. The summed E-state index contributed by atoms with van der Waals surface area (Å²) < 4.78 is 30.4. The van der Waals surface area contributed by atoms with Gasteiger partial charge in [0.25, 0.3) is 0 Å². The van der Waals surface area contributed by atoms with Crippen LogP contribution < -0.4 is 4.72 Å². The summed E-state index contributed by atoms with van der Waals surface area (Å²) in [4.78, 5) is 0.209. The highest BCUT2D eigenvalue weighted by atomic mass is 32.2. The first kappa shape index (κ1) is 14.7. The van der Waals surface area contributed by atoms with Crippen molar-refractivity contribution in [3.63, 3.8) is 0 Å². The molecule has 2 aromatic heterocycles. The Morgan fingerprint density at radius 2 is 2.05 bits per heavy atom. The van der Waals surface area contributed by atoms with E-state index in [1.54, 1.807) is 18.7 Å². The number of rotatable bonds is 5. The van der Waals surface area contributed by atoms with Gasteiger partial charge >= 0.3 is 0 Å². The van der Waals surface area contributed by atoms with Gasteiger partial charge in [0.05, 0.1) is 17.6 Å². The maximum absolute atomic E-state index is 12.2. The molecule has 110 valence electrons. The molecule has 0 aliphatic heterocycles. The molecular weight excluding hydrogens is 278 g/mol. The minimum Gasteiger partial charge on any atom is -0.272 e. The van der Waals surface area contributed by atoms with Gasteiger partial charge in [0.2, 0.25) is 10.0 Å². The fraction of sp³-hybridized carbons (Fsp3) is 0.500. The third-order valence-electron chi connectivity index (χ3n) is 3.30. The molecule has 0 spiro atoms. The second-order valence-corrected chi connectivity index (χ2v) is 6.37. The molecule has 0 saturated carbocycles. The molecule has 2 rings (SSSR count). The van der Waals surface area contributed by atoms with Crippen LogP contribution in [0.4, 0.5) is 0 Å². The van der Waals surface area contributed by atoms with Crippen LogP contribution in [0, 0.1) is 13.8 Å². The number of hydrogen-bond acceptors (Lipinski definition) is 4. The number of aromatic nitrogens is 4. The molecule has 0 aromatic carbocycles. The third-order valence-corrected chi connectivity index (χ3v) is 4.81. The van der Waals surface area contributed by atoms with Crippen molar-refractivity contribution in [3.8, 4) is 0 Å². The largest absolute Gasteiger partial charge is 0.272 e. The molecular formula is C12H19N5O2S. The van der Waals surface area contributed by atoms with Gasteiger partial charge in [-0.15, -0.1) is 0 Å². The second-order valence-electron chi connectivity index (χ2n) is 4.64. The van der Waals surface area contributed by atoms with Gasteiger partial charge in [0, 0.05) is 31.9 Å². The lowest BCUT2D eigenvalue weighted by atomic mass is 10.3. The molecule has 20 heavy (non-hydrogen) atoms. The van der Waals surface area contributed by atoms with E-state index in [4.69, 9.17) is 0 Å². The molecule has 0 bridgehead atoms. The molecule has 0 aliphatic rings. The van der Waals surface area contributed by atoms with Crippen LogP contribution in [0.5, 0.6) is 0 Å². The van der Waals surface area contributed by atoms with Crippen molar-refractivity contribution in [1.82, 2.24) is 24.3 Å². The molecule has 2 aromatic rings. The molecule has 0 aliphatic carbocycles. The predicted molar refractivity (Wildman–Crippen MR) is 74.6 cm³/mol. The summed E-state index contributed by atoms with van der Waals surface area (Å²) in [7, 11) is -1.84. The summed E-state index contributed by atoms with van der Waals surface area (Å²) >= 11 is 0. The van der Waals surface area contributed by atoms with Gasteiger partial charge in [0.1, 0.15) is 4.90 Å².